The fourth-order valence-corrected chi connectivity index (χ4v) is 1.86. The van der Waals surface area contributed by atoms with Gasteiger partial charge in [-0.25, -0.2) is 9.37 Å². The van der Waals surface area contributed by atoms with Crippen molar-refractivity contribution in [3.05, 3.63) is 52.8 Å². The van der Waals surface area contributed by atoms with Crippen LogP contribution in [0.4, 0.5) is 4.39 Å². The van der Waals surface area contributed by atoms with Gasteiger partial charge < -0.3 is 10.3 Å². The minimum absolute atomic E-state index is 0.263. The zero-order valence-electron chi connectivity index (χ0n) is 9.92. The van der Waals surface area contributed by atoms with Gasteiger partial charge in [-0.3, -0.25) is 0 Å². The van der Waals surface area contributed by atoms with Crippen LogP contribution in [0.2, 0.25) is 5.02 Å². The normalized spacial score (nSPS) is 10.8. The summed E-state index contributed by atoms with van der Waals surface area (Å²) < 4.78 is 13.4. The Morgan fingerprint density at radius 1 is 1.39 bits per heavy atom. The predicted octanol–water partition coefficient (Wildman–Crippen LogP) is 2.92. The van der Waals surface area contributed by atoms with Crippen molar-refractivity contribution in [2.24, 2.45) is 0 Å². The third-order valence-corrected chi connectivity index (χ3v) is 2.89. The van der Waals surface area contributed by atoms with Crippen molar-refractivity contribution in [3.63, 3.8) is 0 Å². The van der Waals surface area contributed by atoms with Gasteiger partial charge in [0.15, 0.2) is 0 Å². The van der Waals surface area contributed by atoms with Gasteiger partial charge in [0.2, 0.25) is 0 Å². The highest BCUT2D eigenvalue weighted by molar-refractivity contribution is 6.30. The molecule has 0 aliphatic heterocycles. The average Bonchev–Trinajstić information content (AvgIpc) is 2.84. The second-order valence-electron chi connectivity index (χ2n) is 4.05. The summed E-state index contributed by atoms with van der Waals surface area (Å²) >= 11 is 5.69. The van der Waals surface area contributed by atoms with Gasteiger partial charge in [-0.15, -0.1) is 0 Å². The van der Waals surface area contributed by atoms with Crippen LogP contribution < -0.4 is 5.32 Å². The first-order valence-corrected chi connectivity index (χ1v) is 6.26. The molecule has 0 spiro atoms. The van der Waals surface area contributed by atoms with Crippen molar-refractivity contribution in [3.8, 4) is 0 Å². The fourth-order valence-electron chi connectivity index (χ4n) is 1.70. The number of rotatable bonds is 6. The number of imidazole rings is 1. The molecule has 3 nitrogen and oxygen atoms in total. The second kappa shape index (κ2) is 6.52. The monoisotopic (exact) mass is 267 g/mol. The molecule has 0 amide bonds. The number of aromatic nitrogens is 2. The molecule has 0 aliphatic carbocycles. The van der Waals surface area contributed by atoms with Crippen LogP contribution in [-0.4, -0.2) is 16.5 Å². The Morgan fingerprint density at radius 3 is 3.00 bits per heavy atom. The second-order valence-corrected chi connectivity index (χ2v) is 4.49. The largest absolute Gasteiger partial charge is 0.349 e. The van der Waals surface area contributed by atoms with Crippen LogP contribution in [0.3, 0.4) is 0 Å². The first kappa shape index (κ1) is 13.1. The molecule has 5 heteroatoms. The summed E-state index contributed by atoms with van der Waals surface area (Å²) in [5.41, 5.74) is 0.636. The molecule has 18 heavy (non-hydrogen) atoms. The number of hydrogen-bond donors (Lipinski definition) is 2. The van der Waals surface area contributed by atoms with E-state index < -0.39 is 0 Å². The Hall–Kier alpha value is -1.39. The van der Waals surface area contributed by atoms with Crippen LogP contribution in [0.15, 0.2) is 30.6 Å². The van der Waals surface area contributed by atoms with Gasteiger partial charge in [0.05, 0.1) is 0 Å². The van der Waals surface area contributed by atoms with Gasteiger partial charge in [0, 0.05) is 35.9 Å². The van der Waals surface area contributed by atoms with Gasteiger partial charge in [0.1, 0.15) is 11.6 Å². The molecule has 0 unspecified atom stereocenters. The zero-order valence-corrected chi connectivity index (χ0v) is 10.7. The highest BCUT2D eigenvalue weighted by atomic mass is 35.5. The van der Waals surface area contributed by atoms with E-state index in [0.717, 1.165) is 25.2 Å². The lowest BCUT2D eigenvalue weighted by molar-refractivity contribution is 0.580. The van der Waals surface area contributed by atoms with E-state index in [1.165, 1.54) is 6.07 Å². The van der Waals surface area contributed by atoms with Crippen LogP contribution in [0.25, 0.3) is 0 Å². The van der Waals surface area contributed by atoms with Gasteiger partial charge in [0.25, 0.3) is 0 Å². The minimum Gasteiger partial charge on any atom is -0.349 e. The molecular formula is C13H15ClFN3. The standard InChI is InChI=1S/C13H15ClFN3/c14-11-4-3-10(12(15)8-11)9-16-5-1-2-13-17-6-7-18-13/h3-4,6-8,16H,1-2,5,9H2,(H,17,18). The highest BCUT2D eigenvalue weighted by Gasteiger charge is 2.02. The Balaban J connectivity index is 1.69. The number of aromatic amines is 1. The molecule has 1 aromatic heterocycles. The van der Waals surface area contributed by atoms with Crippen LogP contribution in [0, 0.1) is 5.82 Å². The molecule has 0 saturated carbocycles. The summed E-state index contributed by atoms with van der Waals surface area (Å²) in [5, 5.41) is 3.62. The molecule has 0 bridgehead atoms. The summed E-state index contributed by atoms with van der Waals surface area (Å²) in [4.78, 5) is 7.19. The van der Waals surface area contributed by atoms with Gasteiger partial charge in [-0.1, -0.05) is 17.7 Å². The third-order valence-electron chi connectivity index (χ3n) is 2.65. The smallest absolute Gasteiger partial charge is 0.129 e. The number of benzene rings is 1. The molecule has 1 aromatic carbocycles. The van der Waals surface area contributed by atoms with Crippen molar-refractivity contribution in [2.75, 3.05) is 6.54 Å². The topological polar surface area (TPSA) is 40.7 Å². The molecule has 96 valence electrons. The number of hydrogen-bond acceptors (Lipinski definition) is 2. The SMILES string of the molecule is Fc1cc(Cl)ccc1CNCCCc1ncc[nH]1. The number of aryl methyl sites for hydroxylation is 1. The molecule has 2 N–H and O–H groups in total. The lowest BCUT2D eigenvalue weighted by Gasteiger charge is -2.05. The van der Waals surface area contributed by atoms with Crippen molar-refractivity contribution < 1.29 is 4.39 Å². The fraction of sp³-hybridized carbons (Fsp3) is 0.308. The van der Waals surface area contributed by atoms with Crippen LogP contribution in [0.5, 0.6) is 0 Å². The maximum absolute atomic E-state index is 13.4. The van der Waals surface area contributed by atoms with E-state index in [4.69, 9.17) is 11.6 Å². The predicted molar refractivity (Wildman–Crippen MR) is 70.0 cm³/mol. The quantitative estimate of drug-likeness (QED) is 0.790. The van der Waals surface area contributed by atoms with Crippen molar-refractivity contribution >= 4 is 11.6 Å². The minimum atomic E-state index is -0.263. The van der Waals surface area contributed by atoms with Gasteiger partial charge >= 0.3 is 0 Å². The molecule has 0 aliphatic rings. The Kier molecular flexibility index (Phi) is 4.73. The summed E-state index contributed by atoms with van der Waals surface area (Å²) in [6.45, 7) is 1.34. The Morgan fingerprint density at radius 2 is 2.28 bits per heavy atom. The first-order chi connectivity index (χ1) is 8.75. The molecule has 0 radical (unpaired) electrons. The summed E-state index contributed by atoms with van der Waals surface area (Å²) in [6, 6.07) is 4.74. The van der Waals surface area contributed by atoms with E-state index in [-0.39, 0.29) is 5.82 Å². The van der Waals surface area contributed by atoms with Crippen LogP contribution >= 0.6 is 11.6 Å². The van der Waals surface area contributed by atoms with Gasteiger partial charge in [-0.2, -0.15) is 0 Å². The molecule has 2 aromatic rings. The molecule has 1 heterocycles. The zero-order chi connectivity index (χ0) is 12.8. The summed E-state index contributed by atoms with van der Waals surface area (Å²) in [7, 11) is 0. The van der Waals surface area contributed by atoms with E-state index in [0.29, 0.717) is 17.1 Å². The van der Waals surface area contributed by atoms with Crippen molar-refractivity contribution in [1.82, 2.24) is 15.3 Å². The Bertz CT molecular complexity index is 485. The van der Waals surface area contributed by atoms with E-state index in [2.05, 4.69) is 15.3 Å². The average molecular weight is 268 g/mol. The molecule has 2 rings (SSSR count). The van der Waals surface area contributed by atoms with Crippen LogP contribution in [0.1, 0.15) is 17.8 Å². The Labute approximate surface area is 110 Å². The van der Waals surface area contributed by atoms with Crippen LogP contribution in [-0.2, 0) is 13.0 Å². The molecule has 0 atom stereocenters. The van der Waals surface area contributed by atoms with E-state index in [9.17, 15) is 4.39 Å². The lowest BCUT2D eigenvalue weighted by atomic mass is 10.2. The van der Waals surface area contributed by atoms with E-state index >= 15 is 0 Å². The van der Waals surface area contributed by atoms with Crippen molar-refractivity contribution in [2.45, 2.75) is 19.4 Å². The number of nitrogens with zero attached hydrogens (tertiary/aromatic N) is 1. The van der Waals surface area contributed by atoms with Gasteiger partial charge in [-0.05, 0) is 25.1 Å². The van der Waals surface area contributed by atoms with E-state index in [1.54, 1.807) is 18.3 Å². The molecule has 0 fully saturated rings. The summed E-state index contributed by atoms with van der Waals surface area (Å²) in [5.74, 6) is 0.718. The highest BCUT2D eigenvalue weighted by Crippen LogP contribution is 2.14. The number of nitrogens with one attached hydrogen (secondary N) is 2. The maximum atomic E-state index is 13.4. The third kappa shape index (κ3) is 3.82. The van der Waals surface area contributed by atoms with Crippen molar-refractivity contribution in [1.29, 1.82) is 0 Å². The lowest BCUT2D eigenvalue weighted by Crippen LogP contribution is -2.16. The number of H-pyrrole nitrogens is 1. The van der Waals surface area contributed by atoms with E-state index in [1.807, 2.05) is 6.20 Å². The molecular weight excluding hydrogens is 253 g/mol. The number of halogens is 2. The maximum Gasteiger partial charge on any atom is 0.129 e. The first-order valence-electron chi connectivity index (χ1n) is 5.88. The molecule has 0 saturated heterocycles. The summed E-state index contributed by atoms with van der Waals surface area (Å²) in [6.07, 6.45) is 5.41.